The lowest BCUT2D eigenvalue weighted by Crippen LogP contribution is -2.29. The second-order valence-corrected chi connectivity index (χ2v) is 10.3. The van der Waals surface area contributed by atoms with Crippen LogP contribution >= 0.6 is 11.3 Å². The molecule has 9 nitrogen and oxygen atoms in total. The van der Waals surface area contributed by atoms with E-state index in [2.05, 4.69) is 44.4 Å². The lowest BCUT2D eigenvalue weighted by molar-refractivity contribution is -0.140. The monoisotopic (exact) mass is 602 g/mol. The quantitative estimate of drug-likeness (QED) is 0.113. The van der Waals surface area contributed by atoms with E-state index < -0.39 is 24.1 Å². The first-order valence-corrected chi connectivity index (χ1v) is 14.4. The van der Waals surface area contributed by atoms with Gasteiger partial charge in [-0.25, -0.2) is 15.0 Å². The molecule has 0 saturated heterocycles. The molecule has 0 aliphatic heterocycles. The molecule has 0 amide bonds. The lowest BCUT2D eigenvalue weighted by Gasteiger charge is -2.19. The minimum atomic E-state index is -4.63. The van der Waals surface area contributed by atoms with E-state index in [0.29, 0.717) is 30.3 Å². The Morgan fingerprint density at radius 3 is 2.64 bits per heavy atom. The third-order valence-corrected chi connectivity index (χ3v) is 7.15. The van der Waals surface area contributed by atoms with Gasteiger partial charge in [0.2, 0.25) is 5.89 Å². The Morgan fingerprint density at radius 2 is 1.98 bits per heavy atom. The first-order chi connectivity index (χ1) is 20.2. The predicted molar refractivity (Wildman–Crippen MR) is 156 cm³/mol. The number of halogens is 3. The maximum absolute atomic E-state index is 13.4. The van der Waals surface area contributed by atoms with Crippen molar-refractivity contribution in [3.05, 3.63) is 53.0 Å². The number of methoxy groups -OCH3 is 1. The van der Waals surface area contributed by atoms with Crippen molar-refractivity contribution in [2.24, 2.45) is 5.73 Å². The van der Waals surface area contributed by atoms with E-state index in [1.165, 1.54) is 30.6 Å². The highest BCUT2D eigenvalue weighted by Crippen LogP contribution is 2.38. The Morgan fingerprint density at radius 1 is 1.17 bits per heavy atom. The molecule has 3 aromatic heterocycles. The number of aromatic nitrogens is 3. The van der Waals surface area contributed by atoms with E-state index in [-0.39, 0.29) is 34.7 Å². The van der Waals surface area contributed by atoms with Crippen molar-refractivity contribution in [2.75, 3.05) is 19.0 Å². The molecular weight excluding hydrogens is 569 g/mol. The van der Waals surface area contributed by atoms with Crippen LogP contribution in [0.5, 0.6) is 5.75 Å². The average molecular weight is 603 g/mol. The molecular formula is C29H33F3N6O3S. The zero-order valence-corrected chi connectivity index (χ0v) is 24.3. The Hall–Kier alpha value is -3.70. The summed E-state index contributed by atoms with van der Waals surface area (Å²) >= 11 is 1.52. The fourth-order valence-electron chi connectivity index (χ4n) is 4.45. The summed E-state index contributed by atoms with van der Waals surface area (Å²) in [6, 6.07) is 4.53. The zero-order chi connectivity index (χ0) is 30.3. The Kier molecular flexibility index (Phi) is 10.4. The maximum Gasteiger partial charge on any atom is 0.433 e. The van der Waals surface area contributed by atoms with Gasteiger partial charge in [-0.1, -0.05) is 26.2 Å². The third kappa shape index (κ3) is 7.38. The second kappa shape index (κ2) is 14.0. The fraction of sp³-hybridized carbons (Fsp3) is 0.414. The smallest absolute Gasteiger partial charge is 0.433 e. The number of thiazole rings is 1. The summed E-state index contributed by atoms with van der Waals surface area (Å²) in [7, 11) is 1.35. The molecule has 4 aromatic rings. The van der Waals surface area contributed by atoms with E-state index in [9.17, 15) is 18.3 Å². The fourth-order valence-corrected chi connectivity index (χ4v) is 5.06. The molecule has 4 rings (SSSR count). The van der Waals surface area contributed by atoms with Gasteiger partial charge in [-0.15, -0.1) is 17.3 Å². The molecule has 3 unspecified atom stereocenters. The Balaban J connectivity index is 1.65. The number of anilines is 1. The molecule has 0 aliphatic carbocycles. The van der Waals surface area contributed by atoms with Crippen molar-refractivity contribution in [1.82, 2.24) is 20.3 Å². The Labute approximate surface area is 245 Å². The van der Waals surface area contributed by atoms with E-state index in [0.717, 1.165) is 24.0 Å². The summed E-state index contributed by atoms with van der Waals surface area (Å²) in [5, 5.41) is 20.7. The van der Waals surface area contributed by atoms with Gasteiger partial charge >= 0.3 is 6.18 Å². The van der Waals surface area contributed by atoms with Crippen LogP contribution in [0.1, 0.15) is 68.9 Å². The number of nitrogens with zero attached hydrogens (tertiary/aromatic N) is 3. The second-order valence-electron chi connectivity index (χ2n) is 9.44. The molecule has 224 valence electrons. The maximum atomic E-state index is 13.4. The highest BCUT2D eigenvalue weighted by molar-refractivity contribution is 7.13. The summed E-state index contributed by atoms with van der Waals surface area (Å²) in [6.45, 7) is 4.42. The topological polar surface area (TPSA) is 131 Å². The van der Waals surface area contributed by atoms with Crippen molar-refractivity contribution < 1.29 is 27.4 Å². The van der Waals surface area contributed by atoms with Crippen molar-refractivity contribution in [2.45, 2.75) is 64.0 Å². The zero-order valence-electron chi connectivity index (χ0n) is 23.5. The molecule has 5 N–H and O–H groups in total. The summed E-state index contributed by atoms with van der Waals surface area (Å²) in [5.41, 5.74) is 5.76. The number of alkyl halides is 3. The molecule has 0 saturated carbocycles. The number of aliphatic hydroxyl groups is 1. The number of nitrogens with one attached hydrogen (secondary N) is 2. The minimum absolute atomic E-state index is 0.00503. The van der Waals surface area contributed by atoms with Crippen LogP contribution in [-0.2, 0) is 6.18 Å². The molecule has 42 heavy (non-hydrogen) atoms. The van der Waals surface area contributed by atoms with Crippen LogP contribution in [-0.4, -0.2) is 39.8 Å². The average Bonchev–Trinajstić information content (AvgIpc) is 3.65. The van der Waals surface area contributed by atoms with Crippen LogP contribution in [0.2, 0.25) is 0 Å². The summed E-state index contributed by atoms with van der Waals surface area (Å²) in [5.74, 6) is 6.16. The standard InChI is InChI=1S/C29H33F3N6O3S/c1-4-6-8-20(33)25-24(26(39)34-14-13-17(7-5-2)36-28-35-15-16-42-28)38-27(41-25)19-9-11-21(40-3)23-18(19)10-12-22(37-23)29(30,31)32/h9-12,15-17,20,26,34,39H,4-5,7,13-14,33H2,1-3H3,(H,35,36). The molecule has 1 aromatic carbocycles. The molecule has 3 atom stereocenters. The van der Waals surface area contributed by atoms with Crippen LogP contribution in [0.25, 0.3) is 22.4 Å². The molecule has 13 heteroatoms. The minimum Gasteiger partial charge on any atom is -0.494 e. The number of aliphatic hydroxyl groups excluding tert-OH is 1. The van der Waals surface area contributed by atoms with E-state index in [1.54, 1.807) is 12.3 Å². The van der Waals surface area contributed by atoms with Crippen LogP contribution < -0.4 is 21.1 Å². The van der Waals surface area contributed by atoms with Gasteiger partial charge in [-0.3, -0.25) is 5.32 Å². The third-order valence-electron chi connectivity index (χ3n) is 6.45. The number of pyridine rings is 1. The van der Waals surface area contributed by atoms with Gasteiger partial charge in [0.25, 0.3) is 0 Å². The SMILES string of the molecule is CCC#CC(N)c1oc(-c2ccc(OC)c3nc(C(F)(F)F)ccc23)nc1C(O)NCCC(CCC)Nc1nccs1. The molecule has 0 aliphatic rings. The van der Waals surface area contributed by atoms with E-state index in [4.69, 9.17) is 14.9 Å². The number of hydrogen-bond acceptors (Lipinski definition) is 10. The summed E-state index contributed by atoms with van der Waals surface area (Å²) < 4.78 is 51.5. The number of oxazole rings is 1. The van der Waals surface area contributed by atoms with Crippen LogP contribution in [0.3, 0.4) is 0 Å². The van der Waals surface area contributed by atoms with Crippen LogP contribution in [0.15, 0.2) is 40.3 Å². The predicted octanol–water partition coefficient (Wildman–Crippen LogP) is 6.04. The molecule has 0 radical (unpaired) electrons. The van der Waals surface area contributed by atoms with Gasteiger partial charge in [0.1, 0.15) is 28.7 Å². The molecule has 0 fully saturated rings. The highest BCUT2D eigenvalue weighted by Gasteiger charge is 2.33. The van der Waals surface area contributed by atoms with Crippen molar-refractivity contribution >= 4 is 27.4 Å². The van der Waals surface area contributed by atoms with Gasteiger partial charge in [-0.05, 0) is 43.7 Å². The van der Waals surface area contributed by atoms with Crippen molar-refractivity contribution in [1.29, 1.82) is 0 Å². The molecule has 0 bridgehead atoms. The number of hydrogen-bond donors (Lipinski definition) is 4. The number of rotatable bonds is 12. The van der Waals surface area contributed by atoms with Crippen molar-refractivity contribution in [3.63, 3.8) is 0 Å². The number of ether oxygens (including phenoxy) is 1. The van der Waals surface area contributed by atoms with Gasteiger partial charge in [0, 0.05) is 35.0 Å². The molecule has 3 heterocycles. The van der Waals surface area contributed by atoms with E-state index >= 15 is 0 Å². The molecule has 0 spiro atoms. The number of benzene rings is 1. The van der Waals surface area contributed by atoms with Crippen LogP contribution in [0, 0.1) is 11.8 Å². The van der Waals surface area contributed by atoms with Gasteiger partial charge in [0.15, 0.2) is 17.1 Å². The van der Waals surface area contributed by atoms with Gasteiger partial charge < -0.3 is 25.3 Å². The summed E-state index contributed by atoms with van der Waals surface area (Å²) in [6.07, 6.45) is -0.984. The first kappa shape index (κ1) is 31.2. The Bertz CT molecular complexity index is 1530. The number of fused-ring (bicyclic) bond motifs is 1. The van der Waals surface area contributed by atoms with Crippen molar-refractivity contribution in [3.8, 4) is 29.0 Å². The van der Waals surface area contributed by atoms with Crippen LogP contribution in [0.4, 0.5) is 18.3 Å². The van der Waals surface area contributed by atoms with E-state index in [1.807, 2.05) is 12.3 Å². The first-order valence-electron chi connectivity index (χ1n) is 13.5. The number of nitrogens with two attached hydrogens (primary N) is 1. The normalized spacial score (nSPS) is 13.8. The van der Waals surface area contributed by atoms with Gasteiger partial charge in [0.05, 0.1) is 7.11 Å². The summed E-state index contributed by atoms with van der Waals surface area (Å²) in [4.78, 5) is 12.6. The lowest BCUT2D eigenvalue weighted by atomic mass is 10.1. The van der Waals surface area contributed by atoms with Gasteiger partial charge in [-0.2, -0.15) is 13.2 Å². The highest BCUT2D eigenvalue weighted by atomic mass is 32.1. The largest absolute Gasteiger partial charge is 0.494 e.